The number of hydrogen-bond donors (Lipinski definition) is 0. The number of rotatable bonds is 8. The van der Waals surface area contributed by atoms with Gasteiger partial charge in [-0.25, -0.2) is 0 Å². The summed E-state index contributed by atoms with van der Waals surface area (Å²) >= 11 is 0. The van der Waals surface area contributed by atoms with Gasteiger partial charge in [-0.1, -0.05) is 145 Å². The zero-order chi connectivity index (χ0) is 41.8. The molecule has 0 atom stereocenters. The van der Waals surface area contributed by atoms with Crippen molar-refractivity contribution >= 4 is 38.9 Å². The fraction of sp³-hybridized carbons (Fsp3) is 0.0204. The summed E-state index contributed by atoms with van der Waals surface area (Å²) in [6.45, 7) is 0.596. The summed E-state index contributed by atoms with van der Waals surface area (Å²) in [5.74, 6) is 0. The molecule has 0 fully saturated rings. The lowest BCUT2D eigenvalue weighted by Crippen LogP contribution is -2.09. The van der Waals surface area contributed by atoms with Crippen LogP contribution in [0.4, 0.5) is 17.1 Å². The molecule has 9 rings (SSSR count). The van der Waals surface area contributed by atoms with Crippen LogP contribution >= 0.6 is 0 Å². The van der Waals surface area contributed by atoms with Gasteiger partial charge in [0.2, 0.25) is 0 Å². The number of nitrogens with zero attached hydrogens (tertiary/aromatic N) is 2. The molecule has 0 aliphatic carbocycles. The van der Waals surface area contributed by atoms with E-state index >= 15 is 0 Å². The van der Waals surface area contributed by atoms with Gasteiger partial charge in [0.25, 0.3) is 0 Å². The zero-order valence-corrected chi connectivity index (χ0v) is 27.5. The van der Waals surface area contributed by atoms with E-state index in [-0.39, 0.29) is 29.0 Å². The molecule has 51 heavy (non-hydrogen) atoms. The van der Waals surface area contributed by atoms with Crippen LogP contribution in [0.25, 0.3) is 55.2 Å². The average Bonchev–Trinajstić information content (AvgIpc) is 3.59. The average molecular weight is 662 g/mol. The van der Waals surface area contributed by atoms with E-state index in [0.29, 0.717) is 17.8 Å². The van der Waals surface area contributed by atoms with Gasteiger partial charge in [0, 0.05) is 45.4 Å². The van der Waals surface area contributed by atoms with E-state index in [2.05, 4.69) is 47.0 Å². The third kappa shape index (κ3) is 5.98. The van der Waals surface area contributed by atoms with Gasteiger partial charge in [0.1, 0.15) is 0 Å². The van der Waals surface area contributed by atoms with Gasteiger partial charge < -0.3 is 9.47 Å². The summed E-state index contributed by atoms with van der Waals surface area (Å²) in [5.41, 5.74) is 7.27. The molecular weight excluding hydrogens is 617 g/mol. The van der Waals surface area contributed by atoms with Crippen LogP contribution in [-0.4, -0.2) is 4.57 Å². The van der Waals surface area contributed by atoms with Gasteiger partial charge in [-0.15, -0.1) is 0 Å². The Morgan fingerprint density at radius 3 is 1.73 bits per heavy atom. The molecule has 0 radical (unpaired) electrons. The highest BCUT2D eigenvalue weighted by molar-refractivity contribution is 6.09. The van der Waals surface area contributed by atoms with Crippen LogP contribution < -0.4 is 4.90 Å². The molecule has 1 aromatic heterocycles. The SMILES string of the molecule is [2H]c1c([2H])c([2H])c(N(c2cccc(-c3ccccc3)c2)c2c([2H])c([2H])c(-c3ccc4c(c3)c3ccccc3n4Cc3cccc(-c4ccccc4)c3)c([2H])c2[2H])c([2H])c1[2H]. The first kappa shape index (κ1) is 22.2. The lowest BCUT2D eigenvalue weighted by atomic mass is 10.0. The lowest BCUT2D eigenvalue weighted by molar-refractivity contribution is 0.869. The molecule has 2 heteroatoms. The monoisotopic (exact) mass is 661 g/mol. The second-order valence-electron chi connectivity index (χ2n) is 12.4. The molecular formula is C49H36N2. The molecule has 2 nitrogen and oxygen atoms in total. The minimum Gasteiger partial charge on any atom is -0.336 e. The Hall–Kier alpha value is -6.64. The van der Waals surface area contributed by atoms with Crippen LogP contribution in [0.5, 0.6) is 0 Å². The molecule has 0 unspecified atom stereocenters. The molecule has 0 aliphatic rings. The predicted octanol–water partition coefficient (Wildman–Crippen LogP) is 13.3. The Balaban J connectivity index is 1.21. The van der Waals surface area contributed by atoms with Crippen LogP contribution in [0.3, 0.4) is 0 Å². The quantitative estimate of drug-likeness (QED) is 0.157. The van der Waals surface area contributed by atoms with Crippen molar-refractivity contribution in [3.05, 3.63) is 212 Å². The van der Waals surface area contributed by atoms with E-state index in [1.165, 1.54) is 4.90 Å². The molecule has 0 aliphatic heterocycles. The van der Waals surface area contributed by atoms with Crippen molar-refractivity contribution in [2.75, 3.05) is 4.90 Å². The highest BCUT2D eigenvalue weighted by Crippen LogP contribution is 2.38. The second-order valence-corrected chi connectivity index (χ2v) is 12.4. The molecule has 0 bridgehead atoms. The van der Waals surface area contributed by atoms with Crippen LogP contribution in [-0.2, 0) is 6.54 Å². The maximum atomic E-state index is 9.47. The van der Waals surface area contributed by atoms with Gasteiger partial charge in [0.05, 0.1) is 12.3 Å². The number of fused-ring (bicyclic) bond motifs is 3. The number of hydrogen-bond acceptors (Lipinski definition) is 1. The summed E-state index contributed by atoms with van der Waals surface area (Å²) in [4.78, 5) is 1.26. The molecule has 0 saturated carbocycles. The maximum Gasteiger partial charge on any atom is 0.0645 e. The van der Waals surface area contributed by atoms with E-state index in [0.717, 1.165) is 49.6 Å². The summed E-state index contributed by atoms with van der Waals surface area (Å²) in [7, 11) is 0. The van der Waals surface area contributed by atoms with Crippen molar-refractivity contribution in [2.45, 2.75) is 6.54 Å². The van der Waals surface area contributed by atoms with Gasteiger partial charge >= 0.3 is 0 Å². The fourth-order valence-corrected chi connectivity index (χ4v) is 6.78. The minimum absolute atomic E-state index is 0.0853. The van der Waals surface area contributed by atoms with Crippen LogP contribution in [0.15, 0.2) is 206 Å². The molecule has 0 saturated heterocycles. The number of anilines is 3. The summed E-state index contributed by atoms with van der Waals surface area (Å²) in [5, 5.41) is 1.87. The van der Waals surface area contributed by atoms with Crippen LogP contribution in [0.2, 0.25) is 0 Å². The van der Waals surface area contributed by atoms with Crippen molar-refractivity contribution in [1.29, 1.82) is 0 Å². The number of para-hydroxylation sites is 2. The van der Waals surface area contributed by atoms with E-state index < -0.39 is 42.3 Å². The van der Waals surface area contributed by atoms with Crippen LogP contribution in [0, 0.1) is 0 Å². The first-order chi connectivity index (χ1) is 29.0. The Labute approximate surface area is 311 Å². The topological polar surface area (TPSA) is 8.17 Å². The second kappa shape index (κ2) is 13.3. The minimum atomic E-state index is -0.585. The van der Waals surface area contributed by atoms with Crippen molar-refractivity contribution in [2.24, 2.45) is 0 Å². The van der Waals surface area contributed by atoms with Crippen molar-refractivity contribution in [3.63, 3.8) is 0 Å². The fourth-order valence-electron chi connectivity index (χ4n) is 6.78. The Bertz CT molecular complexity index is 3070. The molecule has 9 aromatic rings. The Morgan fingerprint density at radius 2 is 0.980 bits per heavy atom. The van der Waals surface area contributed by atoms with Crippen LogP contribution in [0.1, 0.15) is 17.9 Å². The third-order valence-electron chi connectivity index (χ3n) is 9.19. The van der Waals surface area contributed by atoms with Crippen molar-refractivity contribution in [3.8, 4) is 33.4 Å². The molecule has 242 valence electrons. The Morgan fingerprint density at radius 1 is 0.392 bits per heavy atom. The lowest BCUT2D eigenvalue weighted by Gasteiger charge is -2.26. The predicted molar refractivity (Wildman–Crippen MR) is 216 cm³/mol. The number of aromatic nitrogens is 1. The number of benzene rings is 8. The van der Waals surface area contributed by atoms with Gasteiger partial charge in [0.15, 0.2) is 0 Å². The largest absolute Gasteiger partial charge is 0.336 e. The first-order valence-electron chi connectivity index (χ1n) is 21.3. The summed E-state index contributed by atoms with van der Waals surface area (Å²) in [6.07, 6.45) is 0. The molecule has 0 amide bonds. The standard InChI is InChI=1S/C49H36N2/c1-4-15-37(16-5-1)40-19-12-14-36(32-40)35-50-48-25-11-10-24-46(48)47-34-42(28-31-49(47)50)39-26-29-44(30-27-39)51(43-21-8-3-9-22-43)45-23-13-20-41(33-45)38-17-6-2-7-18-38/h1-34H,35H2/i3D,8D,9D,21D,22D,26D,27D,29D,30D. The summed E-state index contributed by atoms with van der Waals surface area (Å²) < 4.78 is 83.2. The molecule has 0 spiro atoms. The maximum absolute atomic E-state index is 9.47. The molecule has 1 heterocycles. The smallest absolute Gasteiger partial charge is 0.0645 e. The van der Waals surface area contributed by atoms with E-state index in [1.807, 2.05) is 91.0 Å². The first-order valence-corrected chi connectivity index (χ1v) is 16.8. The normalized spacial score (nSPS) is 13.7. The highest BCUT2D eigenvalue weighted by Gasteiger charge is 2.15. The van der Waals surface area contributed by atoms with Crippen molar-refractivity contribution in [1.82, 2.24) is 4.57 Å². The zero-order valence-electron chi connectivity index (χ0n) is 36.5. The summed E-state index contributed by atoms with van der Waals surface area (Å²) in [6, 6.07) is 44.6. The van der Waals surface area contributed by atoms with E-state index in [1.54, 1.807) is 18.2 Å². The van der Waals surface area contributed by atoms with Gasteiger partial charge in [-0.05, 0) is 99.5 Å². The van der Waals surface area contributed by atoms with Gasteiger partial charge in [-0.2, -0.15) is 0 Å². The Kier molecular flexibility index (Phi) is 5.80. The molecule has 8 aromatic carbocycles. The van der Waals surface area contributed by atoms with E-state index in [9.17, 15) is 5.48 Å². The molecule has 0 N–H and O–H groups in total. The third-order valence-corrected chi connectivity index (χ3v) is 9.19. The van der Waals surface area contributed by atoms with E-state index in [4.69, 9.17) is 6.85 Å². The highest BCUT2D eigenvalue weighted by atomic mass is 15.1. The van der Waals surface area contributed by atoms with Crippen molar-refractivity contribution < 1.29 is 12.3 Å². The van der Waals surface area contributed by atoms with Gasteiger partial charge in [-0.3, -0.25) is 0 Å².